The maximum absolute atomic E-state index is 13.1. The molecule has 38 heavy (non-hydrogen) atoms. The van der Waals surface area contributed by atoms with Crippen LogP contribution in [-0.2, 0) is 17.8 Å². The third-order valence-corrected chi connectivity index (χ3v) is 7.24. The minimum absolute atomic E-state index is 0.0945. The lowest BCUT2D eigenvalue weighted by atomic mass is 10.0. The molecule has 0 bridgehead atoms. The number of halogens is 2. The molecule has 0 unspecified atom stereocenters. The van der Waals surface area contributed by atoms with E-state index in [2.05, 4.69) is 17.9 Å². The maximum Gasteiger partial charge on any atom is 0.326 e. The molecule has 194 valence electrons. The van der Waals surface area contributed by atoms with E-state index in [9.17, 15) is 14.7 Å². The summed E-state index contributed by atoms with van der Waals surface area (Å²) < 4.78 is 5.79. The number of ether oxygens (including phenoxy) is 1. The van der Waals surface area contributed by atoms with Gasteiger partial charge in [0, 0.05) is 26.9 Å². The van der Waals surface area contributed by atoms with Gasteiger partial charge >= 0.3 is 5.97 Å². The number of carbonyl (C=O) groups is 2. The molecular formula is C30H25Cl2NO4S. The van der Waals surface area contributed by atoms with Crippen LogP contribution in [0.4, 0.5) is 0 Å². The van der Waals surface area contributed by atoms with Crippen LogP contribution in [0.3, 0.4) is 0 Å². The molecule has 0 fully saturated rings. The first kappa shape index (κ1) is 27.6. The monoisotopic (exact) mass is 565 g/mol. The van der Waals surface area contributed by atoms with Crippen molar-refractivity contribution >= 4 is 47.7 Å². The van der Waals surface area contributed by atoms with Gasteiger partial charge in [-0.25, -0.2) is 4.79 Å². The molecule has 4 aromatic carbocycles. The minimum atomic E-state index is -1.14. The predicted octanol–water partition coefficient (Wildman–Crippen LogP) is 7.26. The van der Waals surface area contributed by atoms with Crippen LogP contribution in [-0.4, -0.2) is 23.0 Å². The SMILES string of the molecule is Cc1ccc(-c2cccc(C(=O)N[C@@H](Cc3ccc(OCc4c(Cl)cccc4Cl)cc3)C(=O)O)c2S)cc1. The number of aliphatic carboxylic acids is 1. The number of thiol groups is 1. The standard InChI is InChI=1S/C30H25Cl2NO4S/c1-18-8-12-20(13-9-18)22-4-2-5-23(28(22)38)29(34)33-27(30(35)36)16-19-10-14-21(15-11-19)37-17-24-25(31)6-3-7-26(24)32/h2-15,27,38H,16-17H2,1H3,(H,33,34)(H,35,36)/t27-/m0/s1. The van der Waals surface area contributed by atoms with Crippen LogP contribution in [0.15, 0.2) is 89.8 Å². The van der Waals surface area contributed by atoms with Gasteiger partial charge in [0.2, 0.25) is 0 Å². The van der Waals surface area contributed by atoms with Gasteiger partial charge in [-0.15, -0.1) is 12.6 Å². The summed E-state index contributed by atoms with van der Waals surface area (Å²) in [4.78, 5) is 25.5. The smallest absolute Gasteiger partial charge is 0.326 e. The van der Waals surface area contributed by atoms with Gasteiger partial charge in [0.1, 0.15) is 18.4 Å². The van der Waals surface area contributed by atoms with Crippen LogP contribution in [0.1, 0.15) is 27.0 Å². The molecule has 0 aliphatic rings. The Labute approximate surface area is 236 Å². The van der Waals surface area contributed by atoms with Gasteiger partial charge in [-0.2, -0.15) is 0 Å². The molecule has 0 aliphatic carbocycles. The Morgan fingerprint density at radius 3 is 2.18 bits per heavy atom. The zero-order valence-corrected chi connectivity index (χ0v) is 22.9. The van der Waals surface area contributed by atoms with E-state index in [-0.39, 0.29) is 13.0 Å². The molecule has 0 aliphatic heterocycles. The average Bonchev–Trinajstić information content (AvgIpc) is 2.89. The van der Waals surface area contributed by atoms with Crippen molar-refractivity contribution in [3.63, 3.8) is 0 Å². The summed E-state index contributed by atoms with van der Waals surface area (Å²) in [6.45, 7) is 2.19. The van der Waals surface area contributed by atoms with Crippen molar-refractivity contribution in [2.24, 2.45) is 0 Å². The molecule has 2 N–H and O–H groups in total. The van der Waals surface area contributed by atoms with E-state index < -0.39 is 17.9 Å². The van der Waals surface area contributed by atoms with Gasteiger partial charge in [-0.05, 0) is 53.9 Å². The van der Waals surface area contributed by atoms with Crippen LogP contribution in [0.2, 0.25) is 10.0 Å². The fraction of sp³-hybridized carbons (Fsp3) is 0.133. The summed E-state index contributed by atoms with van der Waals surface area (Å²) in [5, 5.41) is 13.5. The molecular weight excluding hydrogens is 541 g/mol. The highest BCUT2D eigenvalue weighted by Crippen LogP contribution is 2.30. The predicted molar refractivity (Wildman–Crippen MR) is 154 cm³/mol. The van der Waals surface area contributed by atoms with Crippen LogP contribution in [0.5, 0.6) is 5.75 Å². The third-order valence-electron chi connectivity index (χ3n) is 6.05. The summed E-state index contributed by atoms with van der Waals surface area (Å²) in [6.07, 6.45) is 0.0945. The summed E-state index contributed by atoms with van der Waals surface area (Å²) in [5.74, 6) is -1.07. The first-order chi connectivity index (χ1) is 18.2. The molecule has 0 heterocycles. The lowest BCUT2D eigenvalue weighted by molar-refractivity contribution is -0.139. The summed E-state index contributed by atoms with van der Waals surface area (Å²) >= 11 is 17.0. The summed E-state index contributed by atoms with van der Waals surface area (Å²) in [5.41, 5.74) is 4.55. The number of rotatable bonds is 9. The van der Waals surface area contributed by atoms with Gasteiger partial charge < -0.3 is 15.2 Å². The number of carbonyl (C=O) groups excluding carboxylic acids is 1. The number of nitrogens with one attached hydrogen (secondary N) is 1. The second-order valence-electron chi connectivity index (χ2n) is 8.77. The van der Waals surface area contributed by atoms with E-state index >= 15 is 0 Å². The van der Waals surface area contributed by atoms with Gasteiger partial charge in [0.25, 0.3) is 5.91 Å². The summed E-state index contributed by atoms with van der Waals surface area (Å²) in [6, 6.07) is 24.3. The topological polar surface area (TPSA) is 75.6 Å². The highest BCUT2D eigenvalue weighted by molar-refractivity contribution is 7.80. The average molecular weight is 567 g/mol. The zero-order chi connectivity index (χ0) is 27.2. The van der Waals surface area contributed by atoms with Crippen molar-refractivity contribution < 1.29 is 19.4 Å². The first-order valence-electron chi connectivity index (χ1n) is 11.8. The lowest BCUT2D eigenvalue weighted by Crippen LogP contribution is -2.42. The summed E-state index contributed by atoms with van der Waals surface area (Å²) in [7, 11) is 0. The van der Waals surface area contributed by atoms with Gasteiger partial charge in [-0.1, -0.05) is 83.4 Å². The molecule has 0 aromatic heterocycles. The van der Waals surface area contributed by atoms with Crippen molar-refractivity contribution in [3.05, 3.63) is 117 Å². The Balaban J connectivity index is 1.43. The van der Waals surface area contributed by atoms with Crippen LogP contribution < -0.4 is 10.1 Å². The second kappa shape index (κ2) is 12.4. The van der Waals surface area contributed by atoms with E-state index in [0.29, 0.717) is 31.8 Å². The second-order valence-corrected chi connectivity index (χ2v) is 10.0. The number of hydrogen-bond acceptors (Lipinski definition) is 4. The molecule has 1 amide bonds. The normalized spacial score (nSPS) is 11.6. The fourth-order valence-electron chi connectivity index (χ4n) is 3.91. The van der Waals surface area contributed by atoms with Crippen molar-refractivity contribution in [2.75, 3.05) is 0 Å². The highest BCUT2D eigenvalue weighted by atomic mass is 35.5. The van der Waals surface area contributed by atoms with Crippen molar-refractivity contribution in [2.45, 2.75) is 30.9 Å². The molecule has 0 saturated carbocycles. The van der Waals surface area contributed by atoms with Crippen molar-refractivity contribution in [1.82, 2.24) is 5.32 Å². The fourth-order valence-corrected chi connectivity index (χ4v) is 4.80. The molecule has 0 radical (unpaired) electrons. The number of benzene rings is 4. The molecule has 1 atom stereocenters. The number of aryl methyl sites for hydroxylation is 1. The highest BCUT2D eigenvalue weighted by Gasteiger charge is 2.23. The molecule has 0 spiro atoms. The number of carboxylic acids is 1. The largest absolute Gasteiger partial charge is 0.489 e. The van der Waals surface area contributed by atoms with E-state index in [1.54, 1.807) is 54.6 Å². The molecule has 0 saturated heterocycles. The molecule has 4 aromatic rings. The Bertz CT molecular complexity index is 1440. The third kappa shape index (κ3) is 6.70. The number of hydrogen-bond donors (Lipinski definition) is 3. The van der Waals surface area contributed by atoms with E-state index in [1.165, 1.54) is 0 Å². The van der Waals surface area contributed by atoms with Crippen LogP contribution in [0.25, 0.3) is 11.1 Å². The lowest BCUT2D eigenvalue weighted by Gasteiger charge is -2.17. The Kier molecular flexibility index (Phi) is 9.00. The maximum atomic E-state index is 13.1. The van der Waals surface area contributed by atoms with E-state index in [1.807, 2.05) is 37.3 Å². The number of amides is 1. The number of carboxylic acid groups (broad SMARTS) is 1. The molecule has 8 heteroatoms. The zero-order valence-electron chi connectivity index (χ0n) is 20.4. The van der Waals surface area contributed by atoms with Gasteiger partial charge in [0.05, 0.1) is 5.56 Å². The van der Waals surface area contributed by atoms with E-state index in [0.717, 1.165) is 22.3 Å². The Morgan fingerprint density at radius 1 is 0.921 bits per heavy atom. The quantitative estimate of drug-likeness (QED) is 0.187. The molecule has 4 rings (SSSR count). The Morgan fingerprint density at radius 2 is 1.55 bits per heavy atom. The van der Waals surface area contributed by atoms with E-state index in [4.69, 9.17) is 27.9 Å². The van der Waals surface area contributed by atoms with Gasteiger partial charge in [0.15, 0.2) is 0 Å². The molecule has 5 nitrogen and oxygen atoms in total. The Hall–Kier alpha value is -3.45. The minimum Gasteiger partial charge on any atom is -0.489 e. The van der Waals surface area contributed by atoms with Crippen LogP contribution >= 0.6 is 35.8 Å². The van der Waals surface area contributed by atoms with Crippen LogP contribution in [0, 0.1) is 6.92 Å². The van der Waals surface area contributed by atoms with Gasteiger partial charge in [-0.3, -0.25) is 4.79 Å². The van der Waals surface area contributed by atoms with Crippen molar-refractivity contribution in [3.8, 4) is 16.9 Å². The van der Waals surface area contributed by atoms with Crippen molar-refractivity contribution in [1.29, 1.82) is 0 Å². The first-order valence-corrected chi connectivity index (χ1v) is 13.0.